The number of carbonyl (C=O) groups excluding carboxylic acids is 2. The standard InChI is InChI=1S/C21H27N5O2S/c1-14-8-19(28)25(5)12-22-13-26(10-14)11-18(27)24-20-23-16-7-6-15(21(2,3)4)9-17(16)29-20/h6-9,13H,10-12H2,1-5H3,(H,23,24,27)/b14-8-,22-13-. The molecule has 2 heterocycles. The van der Waals surface area contributed by atoms with Crippen molar-refractivity contribution in [1.82, 2.24) is 14.8 Å². The van der Waals surface area contributed by atoms with Gasteiger partial charge in [-0.25, -0.2) is 4.98 Å². The van der Waals surface area contributed by atoms with E-state index in [1.54, 1.807) is 24.4 Å². The van der Waals surface area contributed by atoms with Gasteiger partial charge in [0.1, 0.15) is 6.67 Å². The van der Waals surface area contributed by atoms with Crippen molar-refractivity contribution in [1.29, 1.82) is 0 Å². The van der Waals surface area contributed by atoms with Crippen molar-refractivity contribution in [2.75, 3.05) is 32.1 Å². The molecule has 1 aromatic heterocycles. The summed E-state index contributed by atoms with van der Waals surface area (Å²) in [7, 11) is 1.70. The molecule has 0 saturated carbocycles. The van der Waals surface area contributed by atoms with E-state index in [-0.39, 0.29) is 30.4 Å². The normalized spacial score (nSPS) is 18.7. The van der Waals surface area contributed by atoms with E-state index in [1.165, 1.54) is 21.8 Å². The second kappa shape index (κ2) is 8.32. The lowest BCUT2D eigenvalue weighted by molar-refractivity contribution is -0.124. The number of hydrogen-bond donors (Lipinski definition) is 1. The number of carbonyl (C=O) groups is 2. The van der Waals surface area contributed by atoms with Crippen LogP contribution in [-0.2, 0) is 15.0 Å². The molecule has 1 aliphatic heterocycles. The van der Waals surface area contributed by atoms with Crippen molar-refractivity contribution in [3.63, 3.8) is 0 Å². The van der Waals surface area contributed by atoms with Crippen LogP contribution in [0.5, 0.6) is 0 Å². The maximum absolute atomic E-state index is 12.6. The Balaban J connectivity index is 1.70. The number of hydrogen-bond acceptors (Lipinski definition) is 6. The van der Waals surface area contributed by atoms with Crippen molar-refractivity contribution in [3.05, 3.63) is 35.4 Å². The van der Waals surface area contributed by atoms with Crippen LogP contribution >= 0.6 is 11.3 Å². The van der Waals surface area contributed by atoms with E-state index in [2.05, 4.69) is 48.2 Å². The molecule has 1 N–H and O–H groups in total. The number of likely N-dealkylation sites (N-methyl/N-ethyl adjacent to an activating group) is 1. The first kappa shape index (κ1) is 21.0. The lowest BCUT2D eigenvalue weighted by Crippen LogP contribution is -2.33. The van der Waals surface area contributed by atoms with E-state index in [0.717, 1.165) is 15.8 Å². The second-order valence-electron chi connectivity index (χ2n) is 8.37. The van der Waals surface area contributed by atoms with Crippen LogP contribution in [0.3, 0.4) is 0 Å². The second-order valence-corrected chi connectivity index (χ2v) is 9.40. The predicted molar refractivity (Wildman–Crippen MR) is 118 cm³/mol. The summed E-state index contributed by atoms with van der Waals surface area (Å²) in [6.45, 7) is 9.25. The number of aliphatic imine (C=N–C) groups is 1. The third-order valence-corrected chi connectivity index (χ3v) is 5.52. The van der Waals surface area contributed by atoms with Gasteiger partial charge < -0.3 is 15.1 Å². The van der Waals surface area contributed by atoms with Crippen molar-refractivity contribution >= 4 is 44.8 Å². The maximum Gasteiger partial charge on any atom is 0.247 e. The fourth-order valence-electron chi connectivity index (χ4n) is 2.96. The zero-order chi connectivity index (χ0) is 21.2. The highest BCUT2D eigenvalue weighted by Gasteiger charge is 2.17. The molecule has 0 unspecified atom stereocenters. The monoisotopic (exact) mass is 413 g/mol. The van der Waals surface area contributed by atoms with Crippen molar-refractivity contribution in [2.24, 2.45) is 4.99 Å². The summed E-state index contributed by atoms with van der Waals surface area (Å²) in [5.41, 5.74) is 3.05. The Morgan fingerprint density at radius 3 is 2.79 bits per heavy atom. The van der Waals surface area contributed by atoms with Gasteiger partial charge in [-0.05, 0) is 35.6 Å². The van der Waals surface area contributed by atoms with Crippen LogP contribution in [-0.4, -0.2) is 59.7 Å². The van der Waals surface area contributed by atoms with Crippen LogP contribution in [0.4, 0.5) is 5.13 Å². The van der Waals surface area contributed by atoms with Gasteiger partial charge in [0.2, 0.25) is 11.8 Å². The highest BCUT2D eigenvalue weighted by molar-refractivity contribution is 7.22. The van der Waals surface area contributed by atoms with E-state index >= 15 is 0 Å². The van der Waals surface area contributed by atoms with Crippen molar-refractivity contribution < 1.29 is 9.59 Å². The number of rotatable bonds is 3. The van der Waals surface area contributed by atoms with Gasteiger partial charge in [-0.2, -0.15) is 0 Å². The Labute approximate surface area is 175 Å². The van der Waals surface area contributed by atoms with Gasteiger partial charge >= 0.3 is 0 Å². The molecule has 1 aromatic carbocycles. The molecule has 0 spiro atoms. The van der Waals surface area contributed by atoms with Crippen LogP contribution in [0.15, 0.2) is 34.8 Å². The van der Waals surface area contributed by atoms with Crippen LogP contribution in [0.25, 0.3) is 10.2 Å². The first-order chi connectivity index (χ1) is 13.6. The summed E-state index contributed by atoms with van der Waals surface area (Å²) >= 11 is 1.47. The Morgan fingerprint density at radius 1 is 1.31 bits per heavy atom. The lowest BCUT2D eigenvalue weighted by Gasteiger charge is -2.18. The van der Waals surface area contributed by atoms with Crippen LogP contribution in [0, 0.1) is 0 Å². The molecule has 2 amide bonds. The molecule has 0 aliphatic carbocycles. The van der Waals surface area contributed by atoms with E-state index in [4.69, 9.17) is 0 Å². The number of nitrogens with zero attached hydrogens (tertiary/aromatic N) is 4. The quantitative estimate of drug-likeness (QED) is 0.838. The van der Waals surface area contributed by atoms with E-state index in [1.807, 2.05) is 13.0 Å². The molecule has 1 aliphatic rings. The number of aromatic nitrogens is 1. The zero-order valence-electron chi connectivity index (χ0n) is 17.5. The van der Waals surface area contributed by atoms with Gasteiger partial charge in [-0.1, -0.05) is 38.2 Å². The molecule has 0 radical (unpaired) electrons. The van der Waals surface area contributed by atoms with Gasteiger partial charge in [0, 0.05) is 19.7 Å². The minimum atomic E-state index is -0.168. The molecule has 3 rings (SSSR count). The smallest absolute Gasteiger partial charge is 0.247 e. The highest BCUT2D eigenvalue weighted by Crippen LogP contribution is 2.31. The molecular formula is C21H27N5O2S. The van der Waals surface area contributed by atoms with Gasteiger partial charge in [0.15, 0.2) is 5.13 Å². The van der Waals surface area contributed by atoms with Gasteiger partial charge in [0.05, 0.1) is 23.1 Å². The Hall–Kier alpha value is -2.74. The number of anilines is 1. The number of thiazole rings is 1. The van der Waals surface area contributed by atoms with Gasteiger partial charge in [-0.3, -0.25) is 14.6 Å². The first-order valence-electron chi connectivity index (χ1n) is 9.49. The Morgan fingerprint density at radius 2 is 2.07 bits per heavy atom. The average molecular weight is 414 g/mol. The van der Waals surface area contributed by atoms with E-state index in [0.29, 0.717) is 11.7 Å². The fourth-order valence-corrected chi connectivity index (χ4v) is 3.88. The summed E-state index contributed by atoms with van der Waals surface area (Å²) in [4.78, 5) is 36.6. The molecule has 0 bridgehead atoms. The first-order valence-corrected chi connectivity index (χ1v) is 10.3. The summed E-state index contributed by atoms with van der Waals surface area (Å²) in [5, 5.41) is 3.47. The SMILES string of the molecule is C/C1=C/C(=O)N(C)C/N=C\N(CC(=O)Nc2nc3ccc(C(C)(C)C)cc3s2)C1. The molecular weight excluding hydrogens is 386 g/mol. The molecule has 0 saturated heterocycles. The number of amides is 2. The minimum absolute atomic E-state index is 0.0615. The molecule has 2 aromatic rings. The highest BCUT2D eigenvalue weighted by atomic mass is 32.1. The summed E-state index contributed by atoms with van der Waals surface area (Å²) in [5.74, 6) is -0.256. The van der Waals surface area contributed by atoms with Crippen molar-refractivity contribution in [2.45, 2.75) is 33.1 Å². The molecule has 7 nitrogen and oxygen atoms in total. The topological polar surface area (TPSA) is 77.9 Å². The molecule has 8 heteroatoms. The van der Waals surface area contributed by atoms with Gasteiger partial charge in [-0.15, -0.1) is 0 Å². The van der Waals surface area contributed by atoms with Crippen LogP contribution in [0.2, 0.25) is 0 Å². The van der Waals surface area contributed by atoms with Gasteiger partial charge in [0.25, 0.3) is 0 Å². The summed E-state index contributed by atoms with van der Waals surface area (Å²) < 4.78 is 1.05. The van der Waals surface area contributed by atoms with E-state index < -0.39 is 0 Å². The van der Waals surface area contributed by atoms with Crippen LogP contribution in [0.1, 0.15) is 33.3 Å². The zero-order valence-corrected chi connectivity index (χ0v) is 18.3. The maximum atomic E-state index is 12.6. The van der Waals surface area contributed by atoms with E-state index in [9.17, 15) is 9.59 Å². The number of nitrogens with one attached hydrogen (secondary N) is 1. The fraction of sp³-hybridized carbons (Fsp3) is 0.429. The molecule has 29 heavy (non-hydrogen) atoms. The molecule has 0 atom stereocenters. The van der Waals surface area contributed by atoms with Crippen LogP contribution < -0.4 is 5.32 Å². The Bertz CT molecular complexity index is 987. The summed E-state index contributed by atoms with van der Waals surface area (Å²) in [6.07, 6.45) is 3.21. The largest absolute Gasteiger partial charge is 0.350 e. The third kappa shape index (κ3) is 5.41. The Kier molecular flexibility index (Phi) is 6.02. The third-order valence-electron chi connectivity index (χ3n) is 4.58. The molecule has 0 fully saturated rings. The van der Waals surface area contributed by atoms with Crippen molar-refractivity contribution in [3.8, 4) is 0 Å². The lowest BCUT2D eigenvalue weighted by atomic mass is 9.87. The average Bonchev–Trinajstić information content (AvgIpc) is 3.02. The molecule has 154 valence electrons. The predicted octanol–water partition coefficient (Wildman–Crippen LogP) is 3.24. The number of benzene rings is 1. The summed E-state index contributed by atoms with van der Waals surface area (Å²) in [6, 6.07) is 6.22. The number of fused-ring (bicyclic) bond motifs is 1. The minimum Gasteiger partial charge on any atom is -0.350 e.